The van der Waals surface area contributed by atoms with E-state index in [2.05, 4.69) is 6.92 Å². The van der Waals surface area contributed by atoms with Gasteiger partial charge in [-0.15, -0.1) is 0 Å². The maximum absolute atomic E-state index is 11.9. The summed E-state index contributed by atoms with van der Waals surface area (Å²) in [6.45, 7) is 2.92. The van der Waals surface area contributed by atoms with Crippen LogP contribution in [0.4, 0.5) is 0 Å². The first-order chi connectivity index (χ1) is 7.69. The second kappa shape index (κ2) is 6.16. The fourth-order valence-electron chi connectivity index (χ4n) is 1.45. The first kappa shape index (κ1) is 12.6. The topological polar surface area (TPSA) is 29.5 Å². The van der Waals surface area contributed by atoms with Crippen LogP contribution in [0.1, 0.15) is 30.1 Å². The molecule has 0 aliphatic rings. The Balaban J connectivity index is 2.64. The van der Waals surface area contributed by atoms with Crippen LogP contribution in [-0.4, -0.2) is 31.5 Å². The zero-order valence-corrected chi connectivity index (χ0v) is 10.2. The second-order valence-electron chi connectivity index (χ2n) is 3.81. The number of amides is 1. The number of carbonyl (C=O) groups excluding carboxylic acids is 1. The zero-order valence-electron chi connectivity index (χ0n) is 10.2. The van der Waals surface area contributed by atoms with E-state index in [4.69, 9.17) is 4.74 Å². The van der Waals surface area contributed by atoms with Crippen LogP contribution < -0.4 is 4.74 Å². The Morgan fingerprint density at radius 1 is 1.31 bits per heavy atom. The summed E-state index contributed by atoms with van der Waals surface area (Å²) >= 11 is 0. The smallest absolute Gasteiger partial charge is 0.253 e. The SMILES string of the molecule is CCCCN(C)C(=O)c1ccc(OC)cc1. The van der Waals surface area contributed by atoms with Crippen LogP contribution in [-0.2, 0) is 0 Å². The number of hydrogen-bond acceptors (Lipinski definition) is 2. The molecule has 0 spiro atoms. The molecule has 1 rings (SSSR count). The molecule has 0 aliphatic heterocycles. The molecule has 3 nitrogen and oxygen atoms in total. The van der Waals surface area contributed by atoms with Crippen LogP contribution in [0, 0.1) is 0 Å². The fourth-order valence-corrected chi connectivity index (χ4v) is 1.45. The Labute approximate surface area is 97.0 Å². The number of nitrogens with zero attached hydrogens (tertiary/aromatic N) is 1. The molecule has 1 aromatic carbocycles. The molecule has 0 unspecified atom stereocenters. The summed E-state index contributed by atoms with van der Waals surface area (Å²) in [5, 5.41) is 0. The molecule has 0 N–H and O–H groups in total. The van der Waals surface area contributed by atoms with Crippen LogP contribution >= 0.6 is 0 Å². The highest BCUT2D eigenvalue weighted by molar-refractivity contribution is 5.94. The highest BCUT2D eigenvalue weighted by atomic mass is 16.5. The Morgan fingerprint density at radius 3 is 2.44 bits per heavy atom. The van der Waals surface area contributed by atoms with Gasteiger partial charge in [-0.3, -0.25) is 4.79 Å². The van der Waals surface area contributed by atoms with E-state index in [1.807, 2.05) is 7.05 Å². The van der Waals surface area contributed by atoms with Gasteiger partial charge in [-0.05, 0) is 30.7 Å². The van der Waals surface area contributed by atoms with Gasteiger partial charge in [0.05, 0.1) is 7.11 Å². The van der Waals surface area contributed by atoms with E-state index in [-0.39, 0.29) is 5.91 Å². The lowest BCUT2D eigenvalue weighted by Gasteiger charge is -2.16. The Morgan fingerprint density at radius 2 is 1.94 bits per heavy atom. The van der Waals surface area contributed by atoms with Crippen molar-refractivity contribution in [2.75, 3.05) is 20.7 Å². The molecule has 0 aliphatic carbocycles. The summed E-state index contributed by atoms with van der Waals surface area (Å²) in [5.41, 5.74) is 0.708. The lowest BCUT2D eigenvalue weighted by molar-refractivity contribution is 0.0793. The molecule has 0 atom stereocenters. The average molecular weight is 221 g/mol. The van der Waals surface area contributed by atoms with Gasteiger partial charge in [-0.25, -0.2) is 0 Å². The standard InChI is InChI=1S/C13H19NO2/c1-4-5-10-14(2)13(15)11-6-8-12(16-3)9-7-11/h6-9H,4-5,10H2,1-3H3. The summed E-state index contributed by atoms with van der Waals surface area (Å²) in [7, 11) is 3.45. The van der Waals surface area contributed by atoms with Gasteiger partial charge >= 0.3 is 0 Å². The number of benzene rings is 1. The van der Waals surface area contributed by atoms with Crippen LogP contribution in [0.25, 0.3) is 0 Å². The average Bonchev–Trinajstić information content (AvgIpc) is 2.35. The van der Waals surface area contributed by atoms with Crippen LogP contribution in [0.15, 0.2) is 24.3 Å². The van der Waals surface area contributed by atoms with Gasteiger partial charge in [0.2, 0.25) is 0 Å². The highest BCUT2D eigenvalue weighted by Gasteiger charge is 2.10. The number of carbonyl (C=O) groups is 1. The third-order valence-corrected chi connectivity index (χ3v) is 2.53. The first-order valence-corrected chi connectivity index (χ1v) is 5.58. The molecule has 3 heteroatoms. The largest absolute Gasteiger partial charge is 0.497 e. The van der Waals surface area contributed by atoms with Gasteiger partial charge < -0.3 is 9.64 Å². The lowest BCUT2D eigenvalue weighted by atomic mass is 10.2. The van der Waals surface area contributed by atoms with Crippen LogP contribution in [0.5, 0.6) is 5.75 Å². The summed E-state index contributed by atoms with van der Waals surface area (Å²) in [5.74, 6) is 0.837. The van der Waals surface area contributed by atoms with Crippen molar-refractivity contribution in [2.45, 2.75) is 19.8 Å². The van der Waals surface area contributed by atoms with E-state index in [0.29, 0.717) is 5.56 Å². The van der Waals surface area contributed by atoms with E-state index < -0.39 is 0 Å². The fraction of sp³-hybridized carbons (Fsp3) is 0.462. The molecule has 0 saturated carbocycles. The van der Waals surface area contributed by atoms with Gasteiger partial charge in [-0.1, -0.05) is 13.3 Å². The van der Waals surface area contributed by atoms with E-state index in [1.54, 1.807) is 36.3 Å². The van der Waals surface area contributed by atoms with Crippen molar-refractivity contribution < 1.29 is 9.53 Å². The van der Waals surface area contributed by atoms with Crippen LogP contribution in [0.3, 0.4) is 0 Å². The molecule has 0 radical (unpaired) electrons. The van der Waals surface area contributed by atoms with E-state index >= 15 is 0 Å². The number of methoxy groups -OCH3 is 1. The maximum Gasteiger partial charge on any atom is 0.253 e. The lowest BCUT2D eigenvalue weighted by Crippen LogP contribution is -2.27. The van der Waals surface area contributed by atoms with Crippen molar-refractivity contribution in [3.8, 4) is 5.75 Å². The number of ether oxygens (including phenoxy) is 1. The predicted molar refractivity (Wildman–Crippen MR) is 64.9 cm³/mol. The maximum atomic E-state index is 11.9. The zero-order chi connectivity index (χ0) is 12.0. The highest BCUT2D eigenvalue weighted by Crippen LogP contribution is 2.12. The molecule has 0 heterocycles. The van der Waals surface area contributed by atoms with Gasteiger partial charge in [-0.2, -0.15) is 0 Å². The molecule has 1 amide bonds. The Hall–Kier alpha value is -1.51. The molecule has 1 aromatic rings. The van der Waals surface area contributed by atoms with E-state index in [1.165, 1.54) is 0 Å². The van der Waals surface area contributed by atoms with Crippen LogP contribution in [0.2, 0.25) is 0 Å². The number of rotatable bonds is 5. The molecule has 0 aromatic heterocycles. The summed E-state index contributed by atoms with van der Waals surface area (Å²) in [6, 6.07) is 7.20. The molecular formula is C13H19NO2. The summed E-state index contributed by atoms with van der Waals surface area (Å²) in [4.78, 5) is 13.7. The number of unbranched alkanes of at least 4 members (excludes halogenated alkanes) is 1. The van der Waals surface area contributed by atoms with Gasteiger partial charge in [0.15, 0.2) is 0 Å². The molecule has 0 saturated heterocycles. The molecule has 0 bridgehead atoms. The predicted octanol–water partition coefficient (Wildman–Crippen LogP) is 2.57. The summed E-state index contributed by atoms with van der Waals surface area (Å²) in [6.07, 6.45) is 2.14. The normalized spacial score (nSPS) is 9.94. The second-order valence-corrected chi connectivity index (χ2v) is 3.81. The molecule has 16 heavy (non-hydrogen) atoms. The monoisotopic (exact) mass is 221 g/mol. The van der Waals surface area contributed by atoms with Crippen molar-refractivity contribution in [3.05, 3.63) is 29.8 Å². The Bertz CT molecular complexity index is 332. The summed E-state index contributed by atoms with van der Waals surface area (Å²) < 4.78 is 5.05. The minimum atomic E-state index is 0.0658. The van der Waals surface area contributed by atoms with Crippen molar-refractivity contribution in [1.29, 1.82) is 0 Å². The first-order valence-electron chi connectivity index (χ1n) is 5.58. The van der Waals surface area contributed by atoms with Crippen molar-refractivity contribution in [2.24, 2.45) is 0 Å². The quantitative estimate of drug-likeness (QED) is 0.764. The molecular weight excluding hydrogens is 202 g/mol. The van der Waals surface area contributed by atoms with Gasteiger partial charge in [0.25, 0.3) is 5.91 Å². The third-order valence-electron chi connectivity index (χ3n) is 2.53. The van der Waals surface area contributed by atoms with Crippen molar-refractivity contribution in [1.82, 2.24) is 4.90 Å². The minimum Gasteiger partial charge on any atom is -0.497 e. The van der Waals surface area contributed by atoms with E-state index in [9.17, 15) is 4.79 Å². The van der Waals surface area contributed by atoms with E-state index in [0.717, 1.165) is 25.1 Å². The van der Waals surface area contributed by atoms with Gasteiger partial charge in [0, 0.05) is 19.2 Å². The van der Waals surface area contributed by atoms with Crippen molar-refractivity contribution in [3.63, 3.8) is 0 Å². The minimum absolute atomic E-state index is 0.0658. The molecule has 0 fully saturated rings. The van der Waals surface area contributed by atoms with Gasteiger partial charge in [0.1, 0.15) is 5.75 Å². The van der Waals surface area contributed by atoms with Crippen molar-refractivity contribution >= 4 is 5.91 Å². The molecule has 88 valence electrons. The Kier molecular flexibility index (Phi) is 4.83. The third kappa shape index (κ3) is 3.26. The number of hydrogen-bond donors (Lipinski definition) is 0.